The van der Waals surface area contributed by atoms with Crippen LogP contribution in [-0.2, 0) is 16.4 Å². The first-order chi connectivity index (χ1) is 14.4. The topological polar surface area (TPSA) is 87.3 Å². The smallest absolute Gasteiger partial charge is 0.251 e. The van der Waals surface area contributed by atoms with Crippen molar-refractivity contribution in [3.8, 4) is 0 Å². The zero-order valence-electron chi connectivity index (χ0n) is 15.9. The van der Waals surface area contributed by atoms with Gasteiger partial charge >= 0.3 is 0 Å². The first-order valence-electron chi connectivity index (χ1n) is 9.43. The fourth-order valence-corrected chi connectivity index (χ4v) is 4.71. The Hall–Kier alpha value is -2.87. The van der Waals surface area contributed by atoms with E-state index < -0.39 is 16.2 Å². The van der Waals surface area contributed by atoms with Gasteiger partial charge in [-0.1, -0.05) is 48.0 Å². The molecule has 1 aliphatic rings. The first kappa shape index (κ1) is 20.4. The lowest BCUT2D eigenvalue weighted by molar-refractivity contribution is 0.0954. The van der Waals surface area contributed by atoms with Gasteiger partial charge in [-0.3, -0.25) is 4.79 Å². The highest BCUT2D eigenvalue weighted by molar-refractivity contribution is 7.89. The molecule has 0 aromatic heterocycles. The third kappa shape index (κ3) is 4.48. The predicted molar refractivity (Wildman–Crippen MR) is 117 cm³/mol. The highest BCUT2D eigenvalue weighted by Crippen LogP contribution is 2.30. The van der Waals surface area contributed by atoms with Crippen LogP contribution in [0.4, 0.5) is 5.69 Å². The number of hydrogen-bond donors (Lipinski definition) is 3. The van der Waals surface area contributed by atoms with E-state index in [1.165, 1.54) is 0 Å². The van der Waals surface area contributed by atoms with Crippen molar-refractivity contribution in [1.82, 2.24) is 10.0 Å². The highest BCUT2D eigenvalue weighted by atomic mass is 35.5. The molecule has 0 bridgehead atoms. The molecule has 30 heavy (non-hydrogen) atoms. The Labute approximate surface area is 180 Å². The molecule has 0 radical (unpaired) electrons. The molecule has 1 amide bonds. The molecule has 1 atom stereocenters. The summed E-state index contributed by atoms with van der Waals surface area (Å²) in [5.74, 6) is -0.182. The van der Waals surface area contributed by atoms with Gasteiger partial charge in [-0.05, 0) is 53.9 Å². The summed E-state index contributed by atoms with van der Waals surface area (Å²) in [5, 5.41) is 6.74. The molecule has 1 heterocycles. The van der Waals surface area contributed by atoms with Gasteiger partial charge < -0.3 is 10.6 Å². The number of hydrogen-bond acceptors (Lipinski definition) is 4. The van der Waals surface area contributed by atoms with Crippen molar-refractivity contribution in [2.75, 3.05) is 11.9 Å². The maximum Gasteiger partial charge on any atom is 0.251 e. The summed E-state index contributed by atoms with van der Waals surface area (Å²) in [5.41, 5.74) is 2.86. The first-order valence-corrected chi connectivity index (χ1v) is 11.3. The molecular formula is C22H20ClN3O3S. The van der Waals surface area contributed by atoms with Crippen molar-refractivity contribution in [1.29, 1.82) is 0 Å². The number of carbonyl (C=O) groups excluding carboxylic acids is 1. The molecule has 154 valence electrons. The number of amides is 1. The third-order valence-electron chi connectivity index (χ3n) is 4.87. The van der Waals surface area contributed by atoms with Gasteiger partial charge in [0.1, 0.15) is 11.1 Å². The molecule has 0 saturated heterocycles. The Morgan fingerprint density at radius 3 is 2.40 bits per heavy atom. The predicted octanol–water partition coefficient (Wildman–Crippen LogP) is 3.72. The standard InChI is InChI=1S/C22H20ClN3O3S/c23-18-11-5-15(6-12-18)13-14-24-22(27)17-9-7-16(8-10-17)21-25-19-3-1-2-4-20(19)30(28,29)26-21/h1-12,21,25-26H,13-14H2,(H,24,27). The number of fused-ring (bicyclic) bond motifs is 1. The molecule has 6 nitrogen and oxygen atoms in total. The van der Waals surface area contributed by atoms with Crippen LogP contribution in [-0.4, -0.2) is 20.9 Å². The number of halogens is 1. The molecule has 3 N–H and O–H groups in total. The second-order valence-electron chi connectivity index (χ2n) is 6.95. The van der Waals surface area contributed by atoms with E-state index >= 15 is 0 Å². The van der Waals surface area contributed by atoms with Crippen molar-refractivity contribution in [2.45, 2.75) is 17.5 Å². The van der Waals surface area contributed by atoms with Crippen LogP contribution in [0.25, 0.3) is 0 Å². The fourth-order valence-electron chi connectivity index (χ4n) is 3.28. The molecule has 8 heteroatoms. The normalized spacial score (nSPS) is 16.9. The maximum atomic E-state index is 12.5. The molecular weight excluding hydrogens is 422 g/mol. The van der Waals surface area contributed by atoms with Crippen LogP contribution >= 0.6 is 11.6 Å². The molecule has 1 aliphatic heterocycles. The van der Waals surface area contributed by atoms with E-state index in [4.69, 9.17) is 11.6 Å². The Kier molecular flexibility index (Phi) is 5.76. The fraction of sp³-hybridized carbons (Fsp3) is 0.136. The second-order valence-corrected chi connectivity index (χ2v) is 9.07. The van der Waals surface area contributed by atoms with Crippen LogP contribution in [0.1, 0.15) is 27.7 Å². The summed E-state index contributed by atoms with van der Waals surface area (Å²) in [6.45, 7) is 0.503. The van der Waals surface area contributed by atoms with Crippen molar-refractivity contribution in [3.05, 3.63) is 94.5 Å². The van der Waals surface area contributed by atoms with Gasteiger partial charge in [0.05, 0.1) is 5.69 Å². The number of para-hydroxylation sites is 1. The highest BCUT2D eigenvalue weighted by Gasteiger charge is 2.29. The van der Waals surface area contributed by atoms with Crippen LogP contribution < -0.4 is 15.4 Å². The summed E-state index contributed by atoms with van der Waals surface area (Å²) in [7, 11) is -3.61. The summed E-state index contributed by atoms with van der Waals surface area (Å²) in [6.07, 6.45) is 0.0978. The molecule has 3 aromatic rings. The van der Waals surface area contributed by atoms with Gasteiger partial charge in [0.2, 0.25) is 10.0 Å². The summed E-state index contributed by atoms with van der Waals surface area (Å²) >= 11 is 5.87. The van der Waals surface area contributed by atoms with Crippen LogP contribution in [0, 0.1) is 0 Å². The van der Waals surface area contributed by atoms with E-state index in [2.05, 4.69) is 15.4 Å². The number of sulfonamides is 1. The van der Waals surface area contributed by atoms with Crippen molar-refractivity contribution in [2.24, 2.45) is 0 Å². The average Bonchev–Trinajstić information content (AvgIpc) is 2.75. The lowest BCUT2D eigenvalue weighted by Crippen LogP contribution is -2.38. The lowest BCUT2D eigenvalue weighted by atomic mass is 10.1. The van der Waals surface area contributed by atoms with Gasteiger partial charge in [0.15, 0.2) is 0 Å². The zero-order valence-corrected chi connectivity index (χ0v) is 17.5. The van der Waals surface area contributed by atoms with E-state index in [9.17, 15) is 13.2 Å². The number of anilines is 1. The van der Waals surface area contributed by atoms with Crippen LogP contribution in [0.15, 0.2) is 77.7 Å². The Balaban J connectivity index is 1.39. The molecule has 1 unspecified atom stereocenters. The van der Waals surface area contributed by atoms with E-state index in [1.54, 1.807) is 48.5 Å². The molecule has 4 rings (SSSR count). The quantitative estimate of drug-likeness (QED) is 0.563. The summed E-state index contributed by atoms with van der Waals surface area (Å²) in [6, 6.07) is 21.1. The lowest BCUT2D eigenvalue weighted by Gasteiger charge is -2.28. The molecule has 0 aliphatic carbocycles. The zero-order chi connectivity index (χ0) is 21.1. The second kappa shape index (κ2) is 8.47. The van der Waals surface area contributed by atoms with Crippen molar-refractivity contribution in [3.63, 3.8) is 0 Å². The van der Waals surface area contributed by atoms with E-state index in [-0.39, 0.29) is 10.8 Å². The van der Waals surface area contributed by atoms with Crippen molar-refractivity contribution < 1.29 is 13.2 Å². The summed E-state index contributed by atoms with van der Waals surface area (Å²) in [4.78, 5) is 12.6. The minimum absolute atomic E-state index is 0.182. The molecule has 3 aromatic carbocycles. The van der Waals surface area contributed by atoms with E-state index in [0.29, 0.717) is 34.8 Å². The Bertz CT molecular complexity index is 1160. The van der Waals surface area contributed by atoms with E-state index in [1.807, 2.05) is 24.3 Å². The summed E-state index contributed by atoms with van der Waals surface area (Å²) < 4.78 is 27.5. The molecule has 0 spiro atoms. The van der Waals surface area contributed by atoms with Crippen molar-refractivity contribution >= 4 is 33.2 Å². The van der Waals surface area contributed by atoms with Crippen LogP contribution in [0.2, 0.25) is 5.02 Å². The minimum atomic E-state index is -3.61. The van der Waals surface area contributed by atoms with E-state index in [0.717, 1.165) is 5.56 Å². The van der Waals surface area contributed by atoms with Gasteiger partial charge in [-0.25, -0.2) is 8.42 Å². The van der Waals surface area contributed by atoms with Gasteiger partial charge in [-0.2, -0.15) is 4.72 Å². The average molecular weight is 442 g/mol. The van der Waals surface area contributed by atoms with Gasteiger partial charge in [0.25, 0.3) is 5.91 Å². The Morgan fingerprint density at radius 1 is 0.967 bits per heavy atom. The maximum absolute atomic E-state index is 12.5. The Morgan fingerprint density at radius 2 is 1.67 bits per heavy atom. The minimum Gasteiger partial charge on any atom is -0.364 e. The molecule has 0 fully saturated rings. The van der Waals surface area contributed by atoms with Gasteiger partial charge in [-0.15, -0.1) is 0 Å². The monoisotopic (exact) mass is 441 g/mol. The number of benzene rings is 3. The van der Waals surface area contributed by atoms with Crippen LogP contribution in [0.3, 0.4) is 0 Å². The number of carbonyl (C=O) groups is 1. The molecule has 0 saturated carbocycles. The largest absolute Gasteiger partial charge is 0.364 e. The van der Waals surface area contributed by atoms with Gasteiger partial charge in [0, 0.05) is 17.1 Å². The number of rotatable bonds is 5. The number of nitrogens with one attached hydrogen (secondary N) is 3. The van der Waals surface area contributed by atoms with Crippen LogP contribution in [0.5, 0.6) is 0 Å². The third-order valence-corrected chi connectivity index (χ3v) is 6.60. The SMILES string of the molecule is O=C(NCCc1ccc(Cl)cc1)c1ccc(C2Nc3ccccc3S(=O)(=O)N2)cc1.